The largest absolute Gasteiger partial charge is 0.424 e. The number of hydrogen-bond donors (Lipinski definition) is 2. The van der Waals surface area contributed by atoms with Crippen molar-refractivity contribution in [1.29, 1.82) is 0 Å². The van der Waals surface area contributed by atoms with Gasteiger partial charge in [0.1, 0.15) is 0 Å². The summed E-state index contributed by atoms with van der Waals surface area (Å²) >= 11 is 0. The topological polar surface area (TPSA) is 82.2 Å². The van der Waals surface area contributed by atoms with Crippen molar-refractivity contribution in [2.24, 2.45) is 5.90 Å². The van der Waals surface area contributed by atoms with Crippen molar-refractivity contribution in [2.45, 2.75) is 0 Å². The molecule has 1 aromatic rings. The predicted octanol–water partition coefficient (Wildman–Crippen LogP) is -1.28. The van der Waals surface area contributed by atoms with Crippen LogP contribution in [0.3, 0.4) is 0 Å². The van der Waals surface area contributed by atoms with E-state index in [1.807, 2.05) is 0 Å². The molecule has 0 fully saturated rings. The van der Waals surface area contributed by atoms with E-state index in [0.29, 0.717) is 0 Å². The number of nitrogen functional groups attached to an aromatic ring is 1. The van der Waals surface area contributed by atoms with Crippen molar-refractivity contribution in [3.8, 4) is 0 Å². The normalized spacial score (nSPS) is 9.18. The fourth-order valence-corrected chi connectivity index (χ4v) is 0.689. The van der Waals surface area contributed by atoms with Gasteiger partial charge in [0.05, 0.1) is 0 Å². The Morgan fingerprint density at radius 3 is 2.82 bits per heavy atom. The standard InChI is InChI=1S/C6H7N3O2/c7-9-4-2-1-3-5(9)6(10)11-8/h1-4H,8H2,(H-,7,10)/p+1. The van der Waals surface area contributed by atoms with Crippen LogP contribution in [0.5, 0.6) is 0 Å². The van der Waals surface area contributed by atoms with Crippen molar-refractivity contribution in [2.75, 3.05) is 5.84 Å². The van der Waals surface area contributed by atoms with E-state index < -0.39 is 5.97 Å². The zero-order chi connectivity index (χ0) is 8.27. The Morgan fingerprint density at radius 2 is 2.27 bits per heavy atom. The molecule has 1 aromatic heterocycles. The summed E-state index contributed by atoms with van der Waals surface area (Å²) in [7, 11) is 0. The molecule has 0 radical (unpaired) electrons. The highest BCUT2D eigenvalue weighted by atomic mass is 16.7. The van der Waals surface area contributed by atoms with Crippen LogP contribution in [0.2, 0.25) is 0 Å². The minimum absolute atomic E-state index is 0.204. The average molecular weight is 154 g/mol. The van der Waals surface area contributed by atoms with Gasteiger partial charge in [-0.2, -0.15) is 5.90 Å². The number of hydrogen-bond acceptors (Lipinski definition) is 4. The van der Waals surface area contributed by atoms with Crippen LogP contribution in [-0.2, 0) is 4.84 Å². The Labute approximate surface area is 63.1 Å². The summed E-state index contributed by atoms with van der Waals surface area (Å²) in [6, 6.07) is 4.86. The van der Waals surface area contributed by atoms with E-state index >= 15 is 0 Å². The number of nitrogens with two attached hydrogens (primary N) is 2. The summed E-state index contributed by atoms with van der Waals surface area (Å²) in [4.78, 5) is 14.8. The number of carbonyl (C=O) groups excluding carboxylic acids is 1. The summed E-state index contributed by atoms with van der Waals surface area (Å²) in [5.41, 5.74) is 0.204. The molecule has 0 amide bonds. The van der Waals surface area contributed by atoms with Crippen molar-refractivity contribution < 1.29 is 14.3 Å². The van der Waals surface area contributed by atoms with Gasteiger partial charge < -0.3 is 4.84 Å². The van der Waals surface area contributed by atoms with Gasteiger partial charge in [-0.15, -0.1) is 0 Å². The number of carbonyl (C=O) groups is 1. The maximum atomic E-state index is 10.8. The van der Waals surface area contributed by atoms with Crippen molar-refractivity contribution >= 4 is 5.97 Å². The third-order valence-corrected chi connectivity index (χ3v) is 1.21. The minimum Gasteiger partial charge on any atom is -0.365 e. The zero-order valence-electron chi connectivity index (χ0n) is 5.73. The van der Waals surface area contributed by atoms with E-state index in [2.05, 4.69) is 10.7 Å². The molecular formula is C6H8N3O2+. The molecule has 5 heteroatoms. The van der Waals surface area contributed by atoms with Gasteiger partial charge in [-0.1, -0.05) is 4.68 Å². The van der Waals surface area contributed by atoms with E-state index in [4.69, 9.17) is 5.84 Å². The van der Waals surface area contributed by atoms with E-state index in [0.717, 1.165) is 4.68 Å². The van der Waals surface area contributed by atoms with Gasteiger partial charge in [0, 0.05) is 12.1 Å². The molecule has 1 rings (SSSR count). The van der Waals surface area contributed by atoms with Gasteiger partial charge in [-0.3, -0.25) is 0 Å². The molecule has 0 atom stereocenters. The van der Waals surface area contributed by atoms with Crippen LogP contribution in [-0.4, -0.2) is 5.97 Å². The SMILES string of the molecule is NOC(=O)c1cccc[n+]1N. The fourth-order valence-electron chi connectivity index (χ4n) is 0.689. The smallest absolute Gasteiger partial charge is 0.365 e. The summed E-state index contributed by atoms with van der Waals surface area (Å²) < 4.78 is 1.13. The lowest BCUT2D eigenvalue weighted by Crippen LogP contribution is -2.49. The molecule has 58 valence electrons. The van der Waals surface area contributed by atoms with Crippen LogP contribution < -0.4 is 16.4 Å². The number of nitrogens with zero attached hydrogens (tertiary/aromatic N) is 1. The molecule has 1 heterocycles. The van der Waals surface area contributed by atoms with Crippen LogP contribution in [0.1, 0.15) is 10.5 Å². The van der Waals surface area contributed by atoms with Gasteiger partial charge in [0.25, 0.3) is 0 Å². The second-order valence-corrected chi connectivity index (χ2v) is 1.90. The number of pyridine rings is 1. The second kappa shape index (κ2) is 2.98. The van der Waals surface area contributed by atoms with Gasteiger partial charge in [0.15, 0.2) is 6.20 Å². The highest BCUT2D eigenvalue weighted by Gasteiger charge is 2.17. The maximum Gasteiger partial charge on any atom is 0.424 e. The van der Waals surface area contributed by atoms with E-state index in [9.17, 15) is 4.79 Å². The summed E-state index contributed by atoms with van der Waals surface area (Å²) in [6.07, 6.45) is 1.52. The Hall–Kier alpha value is -1.62. The molecular weight excluding hydrogens is 146 g/mol. The molecule has 0 saturated heterocycles. The van der Waals surface area contributed by atoms with Crippen molar-refractivity contribution in [1.82, 2.24) is 0 Å². The lowest BCUT2D eigenvalue weighted by atomic mass is 10.3. The van der Waals surface area contributed by atoms with Crippen molar-refractivity contribution in [3.05, 3.63) is 30.1 Å². The lowest BCUT2D eigenvalue weighted by molar-refractivity contribution is -0.641. The van der Waals surface area contributed by atoms with Crippen molar-refractivity contribution in [3.63, 3.8) is 0 Å². The molecule has 0 aromatic carbocycles. The Balaban J connectivity index is 3.03. The number of rotatable bonds is 1. The van der Waals surface area contributed by atoms with E-state index in [-0.39, 0.29) is 5.69 Å². The molecule has 0 aliphatic carbocycles. The minimum atomic E-state index is -0.659. The van der Waals surface area contributed by atoms with Crippen LogP contribution >= 0.6 is 0 Å². The number of aromatic nitrogens is 1. The van der Waals surface area contributed by atoms with Gasteiger partial charge in [-0.05, 0) is 6.07 Å². The molecule has 0 aliphatic heterocycles. The Kier molecular flexibility index (Phi) is 2.03. The first-order valence-electron chi connectivity index (χ1n) is 2.92. The molecule has 0 bridgehead atoms. The third kappa shape index (κ3) is 1.44. The first kappa shape index (κ1) is 7.49. The van der Waals surface area contributed by atoms with E-state index in [1.165, 1.54) is 12.3 Å². The monoisotopic (exact) mass is 154 g/mol. The second-order valence-electron chi connectivity index (χ2n) is 1.90. The highest BCUT2D eigenvalue weighted by molar-refractivity contribution is 5.85. The summed E-state index contributed by atoms with van der Waals surface area (Å²) in [5.74, 6) is 9.35. The maximum absolute atomic E-state index is 10.8. The molecule has 11 heavy (non-hydrogen) atoms. The highest BCUT2D eigenvalue weighted by Crippen LogP contribution is 1.89. The first-order chi connectivity index (χ1) is 5.25. The first-order valence-corrected chi connectivity index (χ1v) is 2.92. The Morgan fingerprint density at radius 1 is 1.55 bits per heavy atom. The van der Waals surface area contributed by atoms with Crippen LogP contribution in [0, 0.1) is 0 Å². The van der Waals surface area contributed by atoms with Gasteiger partial charge in [-0.25, -0.2) is 10.6 Å². The third-order valence-electron chi connectivity index (χ3n) is 1.21. The molecule has 4 N–H and O–H groups in total. The van der Waals surface area contributed by atoms with E-state index in [1.54, 1.807) is 12.1 Å². The quantitative estimate of drug-likeness (QED) is 0.300. The van der Waals surface area contributed by atoms with Crippen LogP contribution in [0.4, 0.5) is 0 Å². The molecule has 0 unspecified atom stereocenters. The molecule has 0 spiro atoms. The fraction of sp³-hybridized carbons (Fsp3) is 0. The molecule has 0 aliphatic rings. The Bertz CT molecular complexity index is 274. The lowest BCUT2D eigenvalue weighted by Gasteiger charge is -1.93. The zero-order valence-corrected chi connectivity index (χ0v) is 5.73. The van der Waals surface area contributed by atoms with Gasteiger partial charge in [0.2, 0.25) is 0 Å². The summed E-state index contributed by atoms with van der Waals surface area (Å²) in [5, 5.41) is 0. The van der Waals surface area contributed by atoms with Crippen LogP contribution in [0.15, 0.2) is 24.4 Å². The average Bonchev–Trinajstić information content (AvgIpc) is 2.04. The van der Waals surface area contributed by atoms with Crippen LogP contribution in [0.25, 0.3) is 0 Å². The summed E-state index contributed by atoms with van der Waals surface area (Å²) in [6.45, 7) is 0. The van der Waals surface area contributed by atoms with Gasteiger partial charge >= 0.3 is 11.7 Å². The predicted molar refractivity (Wildman–Crippen MR) is 36.4 cm³/mol. The molecule has 0 saturated carbocycles. The molecule has 5 nitrogen and oxygen atoms in total.